The van der Waals surface area contributed by atoms with Crippen molar-refractivity contribution in [1.82, 2.24) is 0 Å². The fraction of sp³-hybridized carbons (Fsp3) is 0.316. The molecule has 1 heterocycles. The van der Waals surface area contributed by atoms with Gasteiger partial charge in [-0.2, -0.15) is 0 Å². The van der Waals surface area contributed by atoms with E-state index in [0.29, 0.717) is 0 Å². The molecule has 0 spiro atoms. The van der Waals surface area contributed by atoms with E-state index in [4.69, 9.17) is 0 Å². The Morgan fingerprint density at radius 2 is 1.86 bits per heavy atom. The number of nitrogens with one attached hydrogen (secondary N) is 2. The highest BCUT2D eigenvalue weighted by molar-refractivity contribution is 6.07. The van der Waals surface area contributed by atoms with Gasteiger partial charge in [0.1, 0.15) is 0 Å². The summed E-state index contributed by atoms with van der Waals surface area (Å²) in [6.45, 7) is 7.05. The maximum Gasteiger partial charge on any atom is 0.256 e. The molecule has 3 rings (SSSR count). The Labute approximate surface area is 131 Å². The SMILES string of the molecule is Cc1cc(C)c(C(=O)Nc2cccc3c2CCCN3)c(C)c1. The number of aryl methyl sites for hydroxylation is 3. The average Bonchev–Trinajstić information content (AvgIpc) is 2.46. The van der Waals surface area contributed by atoms with Crippen molar-refractivity contribution in [2.75, 3.05) is 17.2 Å². The van der Waals surface area contributed by atoms with Crippen LogP contribution in [0.1, 0.15) is 39.0 Å². The van der Waals surface area contributed by atoms with E-state index in [-0.39, 0.29) is 5.91 Å². The van der Waals surface area contributed by atoms with E-state index in [2.05, 4.69) is 35.8 Å². The third-order valence-corrected chi connectivity index (χ3v) is 4.25. The van der Waals surface area contributed by atoms with Gasteiger partial charge in [-0.05, 0) is 62.4 Å². The van der Waals surface area contributed by atoms with E-state index < -0.39 is 0 Å². The molecule has 22 heavy (non-hydrogen) atoms. The van der Waals surface area contributed by atoms with Gasteiger partial charge >= 0.3 is 0 Å². The summed E-state index contributed by atoms with van der Waals surface area (Å²) in [6.07, 6.45) is 2.10. The number of carbonyl (C=O) groups excluding carboxylic acids is 1. The molecule has 1 amide bonds. The maximum atomic E-state index is 12.7. The van der Waals surface area contributed by atoms with Gasteiger partial charge in [0.15, 0.2) is 0 Å². The molecule has 3 heteroatoms. The number of hydrogen-bond donors (Lipinski definition) is 2. The van der Waals surface area contributed by atoms with Crippen molar-refractivity contribution in [2.45, 2.75) is 33.6 Å². The zero-order valence-electron chi connectivity index (χ0n) is 13.4. The van der Waals surface area contributed by atoms with Gasteiger partial charge in [0, 0.05) is 23.5 Å². The fourth-order valence-corrected chi connectivity index (χ4v) is 3.35. The van der Waals surface area contributed by atoms with Crippen LogP contribution in [0.25, 0.3) is 0 Å². The van der Waals surface area contributed by atoms with Gasteiger partial charge in [0.25, 0.3) is 5.91 Å². The molecule has 0 aliphatic carbocycles. The van der Waals surface area contributed by atoms with Crippen LogP contribution < -0.4 is 10.6 Å². The normalized spacial score (nSPS) is 13.2. The van der Waals surface area contributed by atoms with E-state index in [0.717, 1.165) is 47.5 Å². The van der Waals surface area contributed by atoms with E-state index in [9.17, 15) is 4.79 Å². The Kier molecular flexibility index (Phi) is 3.88. The Balaban J connectivity index is 1.93. The lowest BCUT2D eigenvalue weighted by molar-refractivity contribution is 0.102. The molecule has 0 aromatic heterocycles. The molecule has 0 saturated carbocycles. The van der Waals surface area contributed by atoms with E-state index in [1.54, 1.807) is 0 Å². The summed E-state index contributed by atoms with van der Waals surface area (Å²) >= 11 is 0. The minimum atomic E-state index is -0.0195. The summed E-state index contributed by atoms with van der Waals surface area (Å²) in [7, 11) is 0. The van der Waals surface area contributed by atoms with Crippen LogP contribution in [-0.2, 0) is 6.42 Å². The molecule has 0 fully saturated rings. The summed E-state index contributed by atoms with van der Waals surface area (Å²) in [5.41, 5.74) is 7.30. The van der Waals surface area contributed by atoms with Crippen molar-refractivity contribution >= 4 is 17.3 Å². The zero-order valence-corrected chi connectivity index (χ0v) is 13.4. The number of benzene rings is 2. The largest absolute Gasteiger partial charge is 0.385 e. The highest BCUT2D eigenvalue weighted by Gasteiger charge is 2.17. The Hall–Kier alpha value is -2.29. The molecule has 0 atom stereocenters. The van der Waals surface area contributed by atoms with Crippen LogP contribution >= 0.6 is 0 Å². The molecule has 0 unspecified atom stereocenters. The van der Waals surface area contributed by atoms with E-state index >= 15 is 0 Å². The van der Waals surface area contributed by atoms with Crippen molar-refractivity contribution in [2.24, 2.45) is 0 Å². The highest BCUT2D eigenvalue weighted by atomic mass is 16.1. The van der Waals surface area contributed by atoms with Crippen LogP contribution in [-0.4, -0.2) is 12.5 Å². The highest BCUT2D eigenvalue weighted by Crippen LogP contribution is 2.29. The molecule has 0 radical (unpaired) electrons. The van der Waals surface area contributed by atoms with Crippen LogP contribution in [0.4, 0.5) is 11.4 Å². The third-order valence-electron chi connectivity index (χ3n) is 4.25. The number of hydrogen-bond acceptors (Lipinski definition) is 2. The summed E-state index contributed by atoms with van der Waals surface area (Å²) in [5.74, 6) is -0.0195. The Morgan fingerprint density at radius 1 is 1.14 bits per heavy atom. The molecule has 2 N–H and O–H groups in total. The van der Waals surface area contributed by atoms with Gasteiger partial charge in [-0.3, -0.25) is 4.79 Å². The van der Waals surface area contributed by atoms with Crippen molar-refractivity contribution in [3.05, 3.63) is 58.1 Å². The summed E-state index contributed by atoms with van der Waals surface area (Å²) in [5, 5.41) is 6.50. The molecule has 2 aromatic carbocycles. The van der Waals surface area contributed by atoms with Crippen molar-refractivity contribution in [1.29, 1.82) is 0 Å². The Bertz CT molecular complexity index is 711. The van der Waals surface area contributed by atoms with Gasteiger partial charge in [-0.1, -0.05) is 23.8 Å². The van der Waals surface area contributed by atoms with E-state index in [1.807, 2.05) is 26.0 Å². The summed E-state index contributed by atoms with van der Waals surface area (Å²) < 4.78 is 0. The molecule has 3 nitrogen and oxygen atoms in total. The third kappa shape index (κ3) is 2.71. The second-order valence-corrected chi connectivity index (χ2v) is 6.09. The quantitative estimate of drug-likeness (QED) is 0.870. The number of carbonyl (C=O) groups is 1. The molecular weight excluding hydrogens is 272 g/mol. The standard InChI is InChI=1S/C19H22N2O/c1-12-10-13(2)18(14(3)11-12)19(22)21-17-8-4-7-16-15(17)6-5-9-20-16/h4,7-8,10-11,20H,5-6,9H2,1-3H3,(H,21,22). The molecule has 0 saturated heterocycles. The molecule has 0 bridgehead atoms. The first kappa shape index (κ1) is 14.6. The average molecular weight is 294 g/mol. The Morgan fingerprint density at radius 3 is 2.59 bits per heavy atom. The van der Waals surface area contributed by atoms with Crippen molar-refractivity contribution < 1.29 is 4.79 Å². The van der Waals surface area contributed by atoms with Crippen LogP contribution in [0.15, 0.2) is 30.3 Å². The van der Waals surface area contributed by atoms with Gasteiger partial charge in [-0.15, -0.1) is 0 Å². The van der Waals surface area contributed by atoms with Crippen LogP contribution in [0.5, 0.6) is 0 Å². The number of anilines is 2. The first-order valence-electron chi connectivity index (χ1n) is 7.81. The zero-order chi connectivity index (χ0) is 15.7. The van der Waals surface area contributed by atoms with E-state index in [1.165, 1.54) is 11.1 Å². The van der Waals surface area contributed by atoms with Gasteiger partial charge in [-0.25, -0.2) is 0 Å². The second kappa shape index (κ2) is 5.84. The monoisotopic (exact) mass is 294 g/mol. The molecular formula is C19H22N2O. The topological polar surface area (TPSA) is 41.1 Å². The van der Waals surface area contributed by atoms with Gasteiger partial charge in [0.2, 0.25) is 0 Å². The molecule has 1 aliphatic rings. The maximum absolute atomic E-state index is 12.7. The van der Waals surface area contributed by atoms with Crippen LogP contribution in [0.2, 0.25) is 0 Å². The molecule has 1 aliphatic heterocycles. The van der Waals surface area contributed by atoms with Crippen molar-refractivity contribution in [3.63, 3.8) is 0 Å². The minimum Gasteiger partial charge on any atom is -0.385 e. The first-order valence-corrected chi connectivity index (χ1v) is 7.81. The molecule has 114 valence electrons. The van der Waals surface area contributed by atoms with Crippen molar-refractivity contribution in [3.8, 4) is 0 Å². The molecule has 2 aromatic rings. The van der Waals surface area contributed by atoms with Crippen LogP contribution in [0.3, 0.4) is 0 Å². The number of rotatable bonds is 2. The second-order valence-electron chi connectivity index (χ2n) is 6.09. The van der Waals surface area contributed by atoms with Gasteiger partial charge < -0.3 is 10.6 Å². The smallest absolute Gasteiger partial charge is 0.256 e. The summed E-state index contributed by atoms with van der Waals surface area (Å²) in [6, 6.07) is 10.2. The number of amides is 1. The van der Waals surface area contributed by atoms with Crippen LogP contribution in [0, 0.1) is 20.8 Å². The minimum absolute atomic E-state index is 0.0195. The van der Waals surface area contributed by atoms with Gasteiger partial charge in [0.05, 0.1) is 0 Å². The summed E-state index contributed by atoms with van der Waals surface area (Å²) in [4.78, 5) is 12.7. The lowest BCUT2D eigenvalue weighted by Crippen LogP contribution is -2.19. The predicted octanol–water partition coefficient (Wildman–Crippen LogP) is 4.22. The first-order chi connectivity index (χ1) is 10.6. The number of fused-ring (bicyclic) bond motifs is 1. The lowest BCUT2D eigenvalue weighted by Gasteiger charge is -2.21. The lowest BCUT2D eigenvalue weighted by atomic mass is 9.98. The predicted molar refractivity (Wildman–Crippen MR) is 91.9 cm³/mol. The fourth-order valence-electron chi connectivity index (χ4n) is 3.35.